The van der Waals surface area contributed by atoms with E-state index in [2.05, 4.69) is 0 Å². The van der Waals surface area contributed by atoms with Crippen LogP contribution in [0.1, 0.15) is 11.1 Å². The Bertz CT molecular complexity index is 657. The molecule has 2 nitrogen and oxygen atoms in total. The van der Waals surface area contributed by atoms with Gasteiger partial charge in [0.15, 0.2) is 0 Å². The molecular weight excluding hydrogens is 260 g/mol. The van der Waals surface area contributed by atoms with Crippen LogP contribution in [-0.4, -0.2) is 11.1 Å². The van der Waals surface area contributed by atoms with Crippen molar-refractivity contribution in [3.63, 3.8) is 0 Å². The maximum Gasteiger partial charge on any atom is 0.315 e. The van der Waals surface area contributed by atoms with Crippen molar-refractivity contribution in [2.45, 2.75) is 0 Å². The van der Waals surface area contributed by atoms with Gasteiger partial charge in [0.2, 0.25) is 0 Å². The van der Waals surface area contributed by atoms with Crippen LogP contribution < -0.4 is 0 Å². The monoisotopic (exact) mass is 270 g/mol. The molecular formula is C16H11ClO2. The van der Waals surface area contributed by atoms with Crippen molar-refractivity contribution in [1.29, 1.82) is 0 Å². The lowest BCUT2D eigenvalue weighted by atomic mass is 10.1. The first-order valence-corrected chi connectivity index (χ1v) is 6.34. The Labute approximate surface area is 116 Å². The zero-order chi connectivity index (χ0) is 13.4. The fraction of sp³-hybridized carbons (Fsp3) is 0.0625. The second-order valence-corrected chi connectivity index (χ2v) is 4.91. The standard InChI is InChI=1S/C16H11ClO2/c17-12-8-6-11(7-9-12)14-13(15(14)16(18)19)10-4-2-1-3-5-10/h1-9,15H,(H,18,19). The Morgan fingerprint density at radius 1 is 0.895 bits per heavy atom. The molecule has 2 aromatic carbocycles. The van der Waals surface area contributed by atoms with E-state index in [1.807, 2.05) is 42.5 Å². The summed E-state index contributed by atoms with van der Waals surface area (Å²) in [4.78, 5) is 11.3. The van der Waals surface area contributed by atoms with Crippen molar-refractivity contribution < 1.29 is 9.90 Å². The summed E-state index contributed by atoms with van der Waals surface area (Å²) >= 11 is 5.86. The molecule has 0 heterocycles. The summed E-state index contributed by atoms with van der Waals surface area (Å²) in [7, 11) is 0. The molecule has 94 valence electrons. The van der Waals surface area contributed by atoms with Crippen LogP contribution in [0.2, 0.25) is 5.02 Å². The average molecular weight is 271 g/mol. The predicted octanol–water partition coefficient (Wildman–Crippen LogP) is 3.97. The first-order chi connectivity index (χ1) is 9.18. The minimum atomic E-state index is -0.802. The molecule has 1 aliphatic rings. The summed E-state index contributed by atoms with van der Waals surface area (Å²) in [6, 6.07) is 16.9. The van der Waals surface area contributed by atoms with Gasteiger partial charge in [0, 0.05) is 5.02 Å². The molecule has 2 aromatic rings. The minimum Gasteiger partial charge on any atom is -0.481 e. The van der Waals surface area contributed by atoms with Crippen LogP contribution in [0.3, 0.4) is 0 Å². The number of hydrogen-bond acceptors (Lipinski definition) is 1. The Hall–Kier alpha value is -2.06. The van der Waals surface area contributed by atoms with E-state index in [-0.39, 0.29) is 0 Å². The average Bonchev–Trinajstić information content (AvgIpc) is 3.16. The lowest BCUT2D eigenvalue weighted by Crippen LogP contribution is -2.01. The number of hydrogen-bond donors (Lipinski definition) is 1. The van der Waals surface area contributed by atoms with E-state index in [4.69, 9.17) is 11.6 Å². The normalized spacial score (nSPS) is 17.4. The highest BCUT2D eigenvalue weighted by molar-refractivity contribution is 6.30. The van der Waals surface area contributed by atoms with Gasteiger partial charge in [-0.15, -0.1) is 0 Å². The van der Waals surface area contributed by atoms with E-state index in [9.17, 15) is 9.90 Å². The van der Waals surface area contributed by atoms with Crippen molar-refractivity contribution in [2.75, 3.05) is 0 Å². The second kappa shape index (κ2) is 4.56. The van der Waals surface area contributed by atoms with Crippen LogP contribution in [0.25, 0.3) is 11.1 Å². The minimum absolute atomic E-state index is 0.497. The number of benzene rings is 2. The smallest absolute Gasteiger partial charge is 0.315 e. The topological polar surface area (TPSA) is 37.3 Å². The Kier molecular flexibility index (Phi) is 2.88. The van der Waals surface area contributed by atoms with Gasteiger partial charge in [-0.1, -0.05) is 54.1 Å². The summed E-state index contributed by atoms with van der Waals surface area (Å²) in [6.07, 6.45) is 0. The zero-order valence-corrected chi connectivity index (χ0v) is 10.8. The molecule has 1 N–H and O–H groups in total. The fourth-order valence-electron chi connectivity index (χ4n) is 2.36. The number of carboxylic acids is 1. The molecule has 0 aliphatic heterocycles. The van der Waals surface area contributed by atoms with Crippen molar-refractivity contribution in [1.82, 2.24) is 0 Å². The number of carboxylic acid groups (broad SMARTS) is 1. The summed E-state index contributed by atoms with van der Waals surface area (Å²) in [6.45, 7) is 0. The van der Waals surface area contributed by atoms with Gasteiger partial charge in [0.1, 0.15) is 5.92 Å². The van der Waals surface area contributed by atoms with E-state index >= 15 is 0 Å². The van der Waals surface area contributed by atoms with E-state index in [1.54, 1.807) is 12.1 Å². The lowest BCUT2D eigenvalue weighted by molar-refractivity contribution is -0.137. The highest BCUT2D eigenvalue weighted by atomic mass is 35.5. The molecule has 0 saturated heterocycles. The fourth-order valence-corrected chi connectivity index (χ4v) is 2.49. The third kappa shape index (κ3) is 2.15. The van der Waals surface area contributed by atoms with E-state index in [1.165, 1.54) is 0 Å². The van der Waals surface area contributed by atoms with Crippen molar-refractivity contribution in [3.8, 4) is 0 Å². The third-order valence-corrected chi connectivity index (χ3v) is 3.52. The third-order valence-electron chi connectivity index (χ3n) is 3.27. The van der Waals surface area contributed by atoms with Crippen LogP contribution in [0.4, 0.5) is 0 Å². The molecule has 1 aliphatic carbocycles. The molecule has 0 amide bonds. The van der Waals surface area contributed by atoms with E-state index in [0.29, 0.717) is 5.02 Å². The molecule has 3 heteroatoms. The first kappa shape index (κ1) is 12.0. The predicted molar refractivity (Wildman–Crippen MR) is 75.8 cm³/mol. The van der Waals surface area contributed by atoms with Crippen LogP contribution in [0.15, 0.2) is 54.6 Å². The molecule has 1 unspecified atom stereocenters. The molecule has 0 radical (unpaired) electrons. The van der Waals surface area contributed by atoms with Crippen molar-refractivity contribution in [3.05, 3.63) is 70.7 Å². The lowest BCUT2D eigenvalue weighted by Gasteiger charge is -1.96. The maximum atomic E-state index is 11.3. The number of rotatable bonds is 3. The summed E-state index contributed by atoms with van der Waals surface area (Å²) in [5, 5.41) is 9.95. The second-order valence-electron chi connectivity index (χ2n) is 4.47. The van der Waals surface area contributed by atoms with Gasteiger partial charge < -0.3 is 5.11 Å². The van der Waals surface area contributed by atoms with E-state index in [0.717, 1.165) is 22.3 Å². The number of halogens is 1. The van der Waals surface area contributed by atoms with Gasteiger partial charge in [0.05, 0.1) is 0 Å². The highest BCUT2D eigenvalue weighted by Gasteiger charge is 2.43. The SMILES string of the molecule is O=C(O)C1C(c2ccccc2)=C1c1ccc(Cl)cc1. The Balaban J connectivity index is 2.04. The van der Waals surface area contributed by atoms with Gasteiger partial charge in [0.25, 0.3) is 0 Å². The highest BCUT2D eigenvalue weighted by Crippen LogP contribution is 2.53. The van der Waals surface area contributed by atoms with Gasteiger partial charge in [-0.3, -0.25) is 4.79 Å². The molecule has 1 atom stereocenters. The molecule has 0 aromatic heterocycles. The van der Waals surface area contributed by atoms with Crippen molar-refractivity contribution >= 4 is 28.7 Å². The summed E-state index contributed by atoms with van der Waals surface area (Å²) < 4.78 is 0. The molecule has 19 heavy (non-hydrogen) atoms. The quantitative estimate of drug-likeness (QED) is 0.916. The molecule has 0 saturated carbocycles. The van der Waals surface area contributed by atoms with Crippen molar-refractivity contribution in [2.24, 2.45) is 5.92 Å². The first-order valence-electron chi connectivity index (χ1n) is 5.96. The van der Waals surface area contributed by atoms with Gasteiger partial charge in [-0.05, 0) is 34.4 Å². The number of carbonyl (C=O) groups is 1. The van der Waals surface area contributed by atoms with Crippen LogP contribution in [0.5, 0.6) is 0 Å². The van der Waals surface area contributed by atoms with Gasteiger partial charge in [-0.25, -0.2) is 0 Å². The largest absolute Gasteiger partial charge is 0.481 e. The van der Waals surface area contributed by atoms with Crippen LogP contribution in [0, 0.1) is 5.92 Å². The Morgan fingerprint density at radius 2 is 1.42 bits per heavy atom. The zero-order valence-electron chi connectivity index (χ0n) is 10.0. The number of aliphatic carboxylic acids is 1. The molecule has 3 rings (SSSR count). The summed E-state index contributed by atoms with van der Waals surface area (Å²) in [5.41, 5.74) is 3.68. The molecule has 0 bridgehead atoms. The van der Waals surface area contributed by atoms with Gasteiger partial charge in [-0.2, -0.15) is 0 Å². The molecule has 0 fully saturated rings. The van der Waals surface area contributed by atoms with Crippen LogP contribution in [-0.2, 0) is 4.79 Å². The summed E-state index contributed by atoms with van der Waals surface area (Å²) in [5.74, 6) is -1.30. The molecule has 0 spiro atoms. The van der Waals surface area contributed by atoms with Crippen LogP contribution >= 0.6 is 11.6 Å². The Morgan fingerprint density at radius 3 is 1.95 bits per heavy atom. The maximum absolute atomic E-state index is 11.3. The van der Waals surface area contributed by atoms with E-state index < -0.39 is 11.9 Å². The van der Waals surface area contributed by atoms with Gasteiger partial charge >= 0.3 is 5.97 Å².